The zero-order chi connectivity index (χ0) is 14.5. The number of hydrogen-bond acceptors (Lipinski definition) is 3. The predicted octanol–water partition coefficient (Wildman–Crippen LogP) is 1.28. The summed E-state index contributed by atoms with van der Waals surface area (Å²) in [6.07, 6.45) is 0. The van der Waals surface area contributed by atoms with E-state index in [1.54, 1.807) is 17.9 Å². The number of urea groups is 1. The third-order valence-corrected chi connectivity index (χ3v) is 3.37. The predicted molar refractivity (Wildman–Crippen MR) is 75.3 cm³/mol. The number of β-amino-alcohol motifs (C(OH)–C–C–N with tert-alkyl or cyclic N) is 1. The van der Waals surface area contributed by atoms with Crippen LogP contribution in [0.4, 0.5) is 14.9 Å². The van der Waals surface area contributed by atoms with E-state index < -0.39 is 0 Å². The minimum Gasteiger partial charge on any atom is -0.395 e. The molecule has 0 bridgehead atoms. The molecule has 2 amide bonds. The fourth-order valence-electron chi connectivity index (χ4n) is 2.33. The van der Waals surface area contributed by atoms with E-state index in [1.165, 1.54) is 12.1 Å². The van der Waals surface area contributed by atoms with Crippen molar-refractivity contribution in [1.29, 1.82) is 0 Å². The summed E-state index contributed by atoms with van der Waals surface area (Å²) in [5.41, 5.74) is 1.25. The normalized spacial score (nSPS) is 16.2. The number of benzene rings is 1. The van der Waals surface area contributed by atoms with Crippen LogP contribution in [0.25, 0.3) is 0 Å². The Morgan fingerprint density at radius 2 is 2.00 bits per heavy atom. The van der Waals surface area contributed by atoms with E-state index in [2.05, 4.69) is 10.2 Å². The Kier molecular flexibility index (Phi) is 4.92. The van der Waals surface area contributed by atoms with Crippen molar-refractivity contribution in [3.63, 3.8) is 0 Å². The second-order valence-electron chi connectivity index (χ2n) is 5.00. The van der Waals surface area contributed by atoms with E-state index in [9.17, 15) is 9.18 Å². The number of aryl methyl sites for hydroxylation is 1. The molecule has 0 unspecified atom stereocenters. The maximum Gasteiger partial charge on any atom is 0.321 e. The molecule has 0 aliphatic carbocycles. The number of aliphatic hydroxyl groups excluding tert-OH is 1. The van der Waals surface area contributed by atoms with E-state index in [4.69, 9.17) is 5.11 Å². The standard InChI is InChI=1S/C14H20FN3O2/c1-11-8-12(15)10-13(9-11)16-14(20)18-4-2-17(3-5-18)6-7-19/h8-10,19H,2-7H2,1H3,(H,16,20). The number of aliphatic hydroxyl groups is 1. The fraction of sp³-hybridized carbons (Fsp3) is 0.500. The highest BCUT2D eigenvalue weighted by atomic mass is 19.1. The van der Waals surface area contributed by atoms with Crippen molar-refractivity contribution in [2.75, 3.05) is 44.6 Å². The Morgan fingerprint density at radius 3 is 2.60 bits per heavy atom. The largest absolute Gasteiger partial charge is 0.395 e. The van der Waals surface area contributed by atoms with Gasteiger partial charge in [0.05, 0.1) is 6.61 Å². The first-order valence-electron chi connectivity index (χ1n) is 6.75. The van der Waals surface area contributed by atoms with Gasteiger partial charge in [0, 0.05) is 38.4 Å². The van der Waals surface area contributed by atoms with Gasteiger partial charge in [-0.2, -0.15) is 0 Å². The number of carbonyl (C=O) groups excluding carboxylic acids is 1. The van der Waals surface area contributed by atoms with Crippen LogP contribution in [0.5, 0.6) is 0 Å². The Hall–Kier alpha value is -1.66. The Labute approximate surface area is 118 Å². The number of anilines is 1. The number of piperazine rings is 1. The molecule has 5 nitrogen and oxygen atoms in total. The van der Waals surface area contributed by atoms with Gasteiger partial charge in [-0.3, -0.25) is 4.90 Å². The van der Waals surface area contributed by atoms with Crippen LogP contribution in [0.3, 0.4) is 0 Å². The second kappa shape index (κ2) is 6.67. The van der Waals surface area contributed by atoms with Crippen LogP contribution in [-0.4, -0.2) is 60.3 Å². The van der Waals surface area contributed by atoms with Crippen molar-refractivity contribution >= 4 is 11.7 Å². The zero-order valence-electron chi connectivity index (χ0n) is 11.6. The Balaban J connectivity index is 1.89. The number of amides is 2. The van der Waals surface area contributed by atoms with Gasteiger partial charge in [0.1, 0.15) is 5.82 Å². The van der Waals surface area contributed by atoms with Crippen LogP contribution in [0, 0.1) is 12.7 Å². The molecule has 1 saturated heterocycles. The first-order valence-corrected chi connectivity index (χ1v) is 6.75. The van der Waals surface area contributed by atoms with E-state index in [0.717, 1.165) is 18.7 Å². The molecular weight excluding hydrogens is 261 g/mol. The minimum atomic E-state index is -0.354. The van der Waals surface area contributed by atoms with E-state index in [-0.39, 0.29) is 18.5 Å². The maximum absolute atomic E-state index is 13.3. The summed E-state index contributed by atoms with van der Waals surface area (Å²) in [4.78, 5) is 15.9. The molecule has 0 atom stereocenters. The Bertz CT molecular complexity index is 453. The van der Waals surface area contributed by atoms with Crippen molar-refractivity contribution < 1.29 is 14.3 Å². The van der Waals surface area contributed by atoms with Crippen molar-refractivity contribution in [2.24, 2.45) is 0 Å². The zero-order valence-corrected chi connectivity index (χ0v) is 11.6. The number of nitrogens with zero attached hydrogens (tertiary/aromatic N) is 2. The molecule has 20 heavy (non-hydrogen) atoms. The molecule has 1 aromatic carbocycles. The Morgan fingerprint density at radius 1 is 1.30 bits per heavy atom. The lowest BCUT2D eigenvalue weighted by Crippen LogP contribution is -2.50. The number of hydrogen-bond donors (Lipinski definition) is 2. The molecule has 2 rings (SSSR count). The molecule has 1 heterocycles. The number of carbonyl (C=O) groups is 1. The fourth-order valence-corrected chi connectivity index (χ4v) is 2.33. The lowest BCUT2D eigenvalue weighted by Gasteiger charge is -2.34. The van der Waals surface area contributed by atoms with Crippen LogP contribution in [0.15, 0.2) is 18.2 Å². The molecule has 1 aliphatic rings. The first-order chi connectivity index (χ1) is 9.58. The molecule has 2 N–H and O–H groups in total. The summed E-state index contributed by atoms with van der Waals surface area (Å²) in [5, 5.41) is 11.6. The minimum absolute atomic E-state index is 0.134. The number of halogens is 1. The summed E-state index contributed by atoms with van der Waals surface area (Å²) in [6, 6.07) is 4.26. The summed E-state index contributed by atoms with van der Waals surface area (Å²) >= 11 is 0. The van der Waals surface area contributed by atoms with Gasteiger partial charge in [-0.05, 0) is 30.7 Å². The summed E-state index contributed by atoms with van der Waals surface area (Å²) in [7, 11) is 0. The summed E-state index contributed by atoms with van der Waals surface area (Å²) in [6.45, 7) is 5.27. The van der Waals surface area contributed by atoms with Gasteiger partial charge >= 0.3 is 6.03 Å². The third kappa shape index (κ3) is 3.91. The van der Waals surface area contributed by atoms with Crippen LogP contribution in [0.2, 0.25) is 0 Å². The van der Waals surface area contributed by atoms with Crippen LogP contribution in [-0.2, 0) is 0 Å². The van der Waals surface area contributed by atoms with E-state index in [1.807, 2.05) is 0 Å². The van der Waals surface area contributed by atoms with E-state index in [0.29, 0.717) is 25.3 Å². The first kappa shape index (κ1) is 14.7. The summed E-state index contributed by atoms with van der Waals surface area (Å²) < 4.78 is 13.3. The lowest BCUT2D eigenvalue weighted by molar-refractivity contribution is 0.127. The molecule has 1 aliphatic heterocycles. The monoisotopic (exact) mass is 281 g/mol. The van der Waals surface area contributed by atoms with Gasteiger partial charge in [-0.1, -0.05) is 0 Å². The van der Waals surface area contributed by atoms with Gasteiger partial charge in [0.2, 0.25) is 0 Å². The molecule has 0 spiro atoms. The molecule has 0 radical (unpaired) electrons. The highest BCUT2D eigenvalue weighted by molar-refractivity contribution is 5.89. The van der Waals surface area contributed by atoms with Crippen molar-refractivity contribution in [3.05, 3.63) is 29.6 Å². The number of rotatable bonds is 3. The van der Waals surface area contributed by atoms with Gasteiger partial charge in [-0.25, -0.2) is 9.18 Å². The highest BCUT2D eigenvalue weighted by Crippen LogP contribution is 2.14. The van der Waals surface area contributed by atoms with Crippen LogP contribution >= 0.6 is 0 Å². The molecule has 6 heteroatoms. The molecule has 110 valence electrons. The molecular formula is C14H20FN3O2. The average molecular weight is 281 g/mol. The van der Waals surface area contributed by atoms with Crippen molar-refractivity contribution in [3.8, 4) is 0 Å². The second-order valence-corrected chi connectivity index (χ2v) is 5.00. The number of nitrogens with one attached hydrogen (secondary N) is 1. The third-order valence-electron chi connectivity index (χ3n) is 3.37. The SMILES string of the molecule is Cc1cc(F)cc(NC(=O)N2CCN(CCO)CC2)c1. The van der Waals surface area contributed by atoms with E-state index >= 15 is 0 Å². The maximum atomic E-state index is 13.3. The molecule has 0 aromatic heterocycles. The topological polar surface area (TPSA) is 55.8 Å². The van der Waals surface area contributed by atoms with Gasteiger partial charge in [0.15, 0.2) is 0 Å². The summed E-state index contributed by atoms with van der Waals surface area (Å²) in [5.74, 6) is -0.354. The average Bonchev–Trinajstić information content (AvgIpc) is 2.38. The van der Waals surface area contributed by atoms with Crippen LogP contribution < -0.4 is 5.32 Å². The van der Waals surface area contributed by atoms with Gasteiger partial charge < -0.3 is 15.3 Å². The smallest absolute Gasteiger partial charge is 0.321 e. The van der Waals surface area contributed by atoms with Crippen LogP contribution in [0.1, 0.15) is 5.56 Å². The van der Waals surface area contributed by atoms with Crippen molar-refractivity contribution in [1.82, 2.24) is 9.80 Å². The molecule has 0 saturated carbocycles. The van der Waals surface area contributed by atoms with Gasteiger partial charge in [-0.15, -0.1) is 0 Å². The van der Waals surface area contributed by atoms with Crippen molar-refractivity contribution in [2.45, 2.75) is 6.92 Å². The molecule has 1 aromatic rings. The lowest BCUT2D eigenvalue weighted by atomic mass is 10.2. The van der Waals surface area contributed by atoms with Gasteiger partial charge in [0.25, 0.3) is 0 Å². The highest BCUT2D eigenvalue weighted by Gasteiger charge is 2.20. The quantitative estimate of drug-likeness (QED) is 0.877. The molecule has 1 fully saturated rings.